The van der Waals surface area contributed by atoms with Gasteiger partial charge in [-0.2, -0.15) is 4.72 Å². The van der Waals surface area contributed by atoms with Crippen LogP contribution in [0.15, 0.2) is 0 Å². The minimum Gasteiger partial charge on any atom is -0.382 e. The predicted octanol–water partition coefficient (Wildman–Crippen LogP) is -1.00. The first-order valence-electron chi connectivity index (χ1n) is 7.00. The van der Waals surface area contributed by atoms with Crippen LogP contribution >= 0.6 is 11.6 Å². The zero-order chi connectivity index (χ0) is 18.7. The van der Waals surface area contributed by atoms with E-state index in [0.717, 1.165) is 6.26 Å². The summed E-state index contributed by atoms with van der Waals surface area (Å²) in [6.45, 7) is 2.47. The monoisotopic (exact) mass is 380 g/mol. The van der Waals surface area contributed by atoms with Crippen molar-refractivity contribution >= 4 is 39.2 Å². The van der Waals surface area contributed by atoms with Crippen molar-refractivity contribution in [1.82, 2.24) is 20.0 Å². The number of likely N-dealkylation sites (N-methyl/N-ethyl adjacent to an activating group) is 1. The summed E-state index contributed by atoms with van der Waals surface area (Å²) in [7, 11) is 0.354. The van der Waals surface area contributed by atoms with Gasteiger partial charge in [-0.3, -0.25) is 4.79 Å². The maximum absolute atomic E-state index is 12.1. The van der Waals surface area contributed by atoms with E-state index >= 15 is 0 Å². The molecule has 0 aliphatic rings. The van der Waals surface area contributed by atoms with Crippen molar-refractivity contribution in [3.63, 3.8) is 0 Å². The minimum absolute atomic E-state index is 0.0517. The van der Waals surface area contributed by atoms with Crippen LogP contribution < -0.4 is 21.5 Å². The van der Waals surface area contributed by atoms with E-state index in [-0.39, 0.29) is 35.2 Å². The third kappa shape index (κ3) is 5.74. The number of nitrogen functional groups attached to an aromatic ring is 2. The Kier molecular flexibility index (Phi) is 6.33. The second-order valence-corrected chi connectivity index (χ2v) is 8.10. The van der Waals surface area contributed by atoms with E-state index in [9.17, 15) is 13.2 Å². The van der Waals surface area contributed by atoms with E-state index in [2.05, 4.69) is 20.0 Å². The lowest BCUT2D eigenvalue weighted by Gasteiger charge is -2.35. The Balaban J connectivity index is 2.67. The molecule has 0 fully saturated rings. The Hall–Kier alpha value is -1.69. The van der Waals surface area contributed by atoms with Crippen molar-refractivity contribution in [2.24, 2.45) is 0 Å². The summed E-state index contributed by atoms with van der Waals surface area (Å²) in [6, 6.07) is 0. The van der Waals surface area contributed by atoms with Crippen LogP contribution in [-0.2, 0) is 10.0 Å². The van der Waals surface area contributed by atoms with Crippen LogP contribution in [0.4, 0.5) is 11.6 Å². The SMILES string of the molecule is CC(NS(C)(=O)=O)[N+](C)(C)CCNC(=O)c1nc(Cl)c(N)nc1N. The largest absolute Gasteiger partial charge is 0.382 e. The molecule has 6 N–H and O–H groups in total. The van der Waals surface area contributed by atoms with Gasteiger partial charge in [0.2, 0.25) is 10.0 Å². The zero-order valence-corrected chi connectivity index (χ0v) is 15.6. The molecule has 10 nitrogen and oxygen atoms in total. The van der Waals surface area contributed by atoms with E-state index in [1.807, 2.05) is 14.1 Å². The Bertz CT molecular complexity index is 724. The highest BCUT2D eigenvalue weighted by molar-refractivity contribution is 7.88. The van der Waals surface area contributed by atoms with Crippen LogP contribution in [0, 0.1) is 0 Å². The molecule has 1 aromatic rings. The molecule has 0 radical (unpaired) electrons. The second kappa shape index (κ2) is 7.47. The van der Waals surface area contributed by atoms with Gasteiger partial charge in [-0.15, -0.1) is 0 Å². The fraction of sp³-hybridized carbons (Fsp3) is 0.583. The van der Waals surface area contributed by atoms with E-state index < -0.39 is 15.9 Å². The number of hydrogen-bond donors (Lipinski definition) is 4. The Morgan fingerprint density at radius 1 is 1.29 bits per heavy atom. The molecule has 12 heteroatoms. The average Bonchev–Trinajstić information content (AvgIpc) is 2.40. The first-order chi connectivity index (χ1) is 10.8. The van der Waals surface area contributed by atoms with Crippen LogP contribution in [0.25, 0.3) is 0 Å². The molecule has 0 saturated carbocycles. The average molecular weight is 381 g/mol. The van der Waals surface area contributed by atoms with Gasteiger partial charge in [0, 0.05) is 6.92 Å². The highest BCUT2D eigenvalue weighted by atomic mass is 35.5. The van der Waals surface area contributed by atoms with Crippen molar-refractivity contribution in [2.45, 2.75) is 13.1 Å². The van der Waals surface area contributed by atoms with Gasteiger partial charge in [-0.05, 0) is 0 Å². The first-order valence-corrected chi connectivity index (χ1v) is 9.27. The third-order valence-electron chi connectivity index (χ3n) is 3.53. The third-order valence-corrected chi connectivity index (χ3v) is 4.57. The van der Waals surface area contributed by atoms with Gasteiger partial charge in [0.15, 0.2) is 28.6 Å². The highest BCUT2D eigenvalue weighted by Gasteiger charge is 2.26. The number of carbonyl (C=O) groups excluding carboxylic acids is 1. The number of sulfonamides is 1. The number of quaternary nitrogens is 1. The summed E-state index contributed by atoms with van der Waals surface area (Å²) in [5, 5.41) is 2.55. The van der Waals surface area contributed by atoms with Crippen molar-refractivity contribution in [3.8, 4) is 0 Å². The fourth-order valence-corrected chi connectivity index (χ4v) is 2.83. The van der Waals surface area contributed by atoms with Gasteiger partial charge in [0.25, 0.3) is 5.91 Å². The molecule has 0 aliphatic heterocycles. The van der Waals surface area contributed by atoms with Crippen molar-refractivity contribution in [2.75, 3.05) is 44.9 Å². The lowest BCUT2D eigenvalue weighted by molar-refractivity contribution is -0.913. The number of amides is 1. The van der Waals surface area contributed by atoms with Gasteiger partial charge in [-0.1, -0.05) is 11.6 Å². The highest BCUT2D eigenvalue weighted by Crippen LogP contribution is 2.17. The second-order valence-electron chi connectivity index (χ2n) is 5.96. The number of halogens is 1. The Labute approximate surface area is 146 Å². The molecular formula is C12H23ClN7O3S+. The van der Waals surface area contributed by atoms with Gasteiger partial charge in [0.1, 0.15) is 0 Å². The summed E-state index contributed by atoms with van der Waals surface area (Å²) in [6.07, 6.45) is 0.727. The van der Waals surface area contributed by atoms with Crippen LogP contribution in [0.5, 0.6) is 0 Å². The lowest BCUT2D eigenvalue weighted by Crippen LogP contribution is -2.57. The topological polar surface area (TPSA) is 153 Å². The number of nitrogens with two attached hydrogens (primary N) is 2. The van der Waals surface area contributed by atoms with Crippen LogP contribution in [0.3, 0.4) is 0 Å². The maximum Gasteiger partial charge on any atom is 0.273 e. The molecule has 136 valence electrons. The van der Waals surface area contributed by atoms with Gasteiger partial charge < -0.3 is 21.3 Å². The van der Waals surface area contributed by atoms with Crippen LogP contribution in [0.2, 0.25) is 5.15 Å². The molecule has 1 aromatic heterocycles. The summed E-state index contributed by atoms with van der Waals surface area (Å²) < 4.78 is 25.4. The fourth-order valence-electron chi connectivity index (χ4n) is 1.80. The molecule has 1 unspecified atom stereocenters. The molecule has 0 saturated heterocycles. The van der Waals surface area contributed by atoms with Crippen molar-refractivity contribution in [1.29, 1.82) is 0 Å². The van der Waals surface area contributed by atoms with Gasteiger partial charge in [-0.25, -0.2) is 18.4 Å². The van der Waals surface area contributed by atoms with Crippen molar-refractivity contribution < 1.29 is 17.7 Å². The first kappa shape index (κ1) is 20.4. The molecular weight excluding hydrogens is 358 g/mol. The van der Waals surface area contributed by atoms with E-state index in [1.165, 1.54) is 0 Å². The zero-order valence-electron chi connectivity index (χ0n) is 14.0. The molecule has 1 heterocycles. The number of hydrogen-bond acceptors (Lipinski definition) is 7. The normalized spacial score (nSPS) is 13.5. The Morgan fingerprint density at radius 2 is 1.88 bits per heavy atom. The number of nitrogens with zero attached hydrogens (tertiary/aromatic N) is 3. The molecule has 0 bridgehead atoms. The van der Waals surface area contributed by atoms with Crippen LogP contribution in [0.1, 0.15) is 17.4 Å². The molecule has 0 spiro atoms. The Morgan fingerprint density at radius 3 is 2.42 bits per heavy atom. The standard InChI is InChI=1S/C12H22ClN7O3S/c1-7(19-24(4,22)23)20(2,3)6-5-16-12(21)8-10(14)18-11(15)9(13)17-8/h7,19H,5-6H2,1-4H3,(H4-,14,15,16,18,21)/p+1. The van der Waals surface area contributed by atoms with Gasteiger partial charge >= 0.3 is 0 Å². The van der Waals surface area contributed by atoms with E-state index in [1.54, 1.807) is 6.92 Å². The molecule has 0 aromatic carbocycles. The van der Waals surface area contributed by atoms with Crippen LogP contribution in [-0.4, -0.2) is 68.4 Å². The lowest BCUT2D eigenvalue weighted by atomic mass is 10.3. The maximum atomic E-state index is 12.1. The quantitative estimate of drug-likeness (QED) is 0.349. The minimum atomic E-state index is -3.32. The number of rotatable bonds is 7. The number of aromatic nitrogens is 2. The molecule has 0 aliphatic carbocycles. The van der Waals surface area contributed by atoms with Crippen molar-refractivity contribution in [3.05, 3.63) is 10.8 Å². The number of nitrogens with one attached hydrogen (secondary N) is 2. The molecule has 1 atom stereocenters. The molecule has 1 amide bonds. The smallest absolute Gasteiger partial charge is 0.273 e. The van der Waals surface area contributed by atoms with Gasteiger partial charge in [0.05, 0.1) is 33.4 Å². The number of carbonyl (C=O) groups is 1. The summed E-state index contributed by atoms with van der Waals surface area (Å²) >= 11 is 5.74. The molecule has 24 heavy (non-hydrogen) atoms. The summed E-state index contributed by atoms with van der Waals surface area (Å²) in [5.74, 6) is -0.704. The predicted molar refractivity (Wildman–Crippen MR) is 92.6 cm³/mol. The van der Waals surface area contributed by atoms with E-state index in [0.29, 0.717) is 11.0 Å². The molecule has 1 rings (SSSR count). The van der Waals surface area contributed by atoms with E-state index in [4.69, 9.17) is 23.1 Å². The summed E-state index contributed by atoms with van der Waals surface area (Å²) in [5.41, 5.74) is 11.0. The summed E-state index contributed by atoms with van der Waals surface area (Å²) in [4.78, 5) is 19.7. The number of anilines is 2.